The van der Waals surface area contributed by atoms with Crippen molar-refractivity contribution >= 4 is 17.5 Å². The number of benzene rings is 2. The third kappa shape index (κ3) is 7.93. The number of rotatable bonds is 14. The summed E-state index contributed by atoms with van der Waals surface area (Å²) < 4.78 is 28.2. The van der Waals surface area contributed by atoms with Gasteiger partial charge in [0.15, 0.2) is 23.0 Å². The number of hydrogen-bond donors (Lipinski definition) is 3. The molecule has 0 spiro atoms. The third-order valence-electron chi connectivity index (χ3n) is 9.45. The van der Waals surface area contributed by atoms with Crippen LogP contribution >= 0.6 is 0 Å². The van der Waals surface area contributed by atoms with Crippen molar-refractivity contribution in [1.29, 1.82) is 0 Å². The summed E-state index contributed by atoms with van der Waals surface area (Å²) in [7, 11) is 7.83. The van der Waals surface area contributed by atoms with Crippen molar-refractivity contribution in [2.24, 2.45) is 11.8 Å². The Morgan fingerprint density at radius 2 is 1.52 bits per heavy atom. The van der Waals surface area contributed by atoms with Crippen molar-refractivity contribution in [3.63, 3.8) is 0 Å². The molecule has 3 aromatic carbocycles. The van der Waals surface area contributed by atoms with E-state index in [0.29, 0.717) is 59.1 Å². The molecule has 2 amide bonds. The summed E-state index contributed by atoms with van der Waals surface area (Å²) in [5.74, 6) is 2.05. The largest absolute Gasteiger partial charge is 0.493 e. The Balaban J connectivity index is 1.82. The second kappa shape index (κ2) is 16.7. The molecule has 1 aliphatic carbocycles. The van der Waals surface area contributed by atoms with Gasteiger partial charge in [0.1, 0.15) is 6.04 Å². The van der Waals surface area contributed by atoms with Gasteiger partial charge in [-0.25, -0.2) is 0 Å². The number of anilines is 1. The fraction of sp³-hybridized carbons (Fsp3) is 0.462. The van der Waals surface area contributed by atoms with E-state index in [4.69, 9.17) is 23.7 Å². The second-order valence-corrected chi connectivity index (χ2v) is 12.9. The van der Waals surface area contributed by atoms with Crippen LogP contribution in [0.15, 0.2) is 47.3 Å². The Bertz CT molecular complexity index is 1760. The zero-order valence-electron chi connectivity index (χ0n) is 30.8. The molecular weight excluding hydrogens is 638 g/mol. The molecule has 0 saturated heterocycles. The van der Waals surface area contributed by atoms with E-state index >= 15 is 0 Å². The molecule has 11 heteroatoms. The lowest BCUT2D eigenvalue weighted by Crippen LogP contribution is -2.46. The van der Waals surface area contributed by atoms with Gasteiger partial charge in [0.2, 0.25) is 23.0 Å². The van der Waals surface area contributed by atoms with E-state index in [1.54, 1.807) is 47.7 Å². The van der Waals surface area contributed by atoms with Gasteiger partial charge in [-0.05, 0) is 77.3 Å². The molecule has 0 bridgehead atoms. The first-order valence-corrected chi connectivity index (χ1v) is 17.0. The molecule has 0 saturated carbocycles. The highest BCUT2D eigenvalue weighted by molar-refractivity contribution is 5.86. The fourth-order valence-corrected chi connectivity index (χ4v) is 6.62. The molecule has 11 nitrogen and oxygen atoms in total. The summed E-state index contributed by atoms with van der Waals surface area (Å²) in [5.41, 5.74) is 3.84. The van der Waals surface area contributed by atoms with E-state index in [9.17, 15) is 14.4 Å². The summed E-state index contributed by atoms with van der Waals surface area (Å²) in [6.07, 6.45) is 1.81. The molecule has 3 N–H and O–H groups in total. The molecule has 0 aliphatic heterocycles. The SMILES string of the molecule is CCC(C)C(Nc1ccc2c(cc1=O)C(NC(C)=O)CCc1cc(OC)c(OC)c(OC)c1-2)C(=O)NC(c1ccc(OC)c(OC)c1)C(C)C. The average molecular weight is 690 g/mol. The van der Waals surface area contributed by atoms with Crippen molar-refractivity contribution in [3.05, 3.63) is 69.4 Å². The van der Waals surface area contributed by atoms with Gasteiger partial charge in [0.25, 0.3) is 0 Å². The van der Waals surface area contributed by atoms with Gasteiger partial charge in [-0.3, -0.25) is 14.4 Å². The van der Waals surface area contributed by atoms with E-state index in [0.717, 1.165) is 16.7 Å². The Kier molecular flexibility index (Phi) is 12.6. The highest BCUT2D eigenvalue weighted by Crippen LogP contribution is 2.50. The average Bonchev–Trinajstić information content (AvgIpc) is 3.35. The van der Waals surface area contributed by atoms with Crippen LogP contribution in [0.3, 0.4) is 0 Å². The Morgan fingerprint density at radius 1 is 0.840 bits per heavy atom. The van der Waals surface area contributed by atoms with Gasteiger partial charge in [-0.1, -0.05) is 46.2 Å². The lowest BCUT2D eigenvalue weighted by molar-refractivity contribution is -0.124. The first-order chi connectivity index (χ1) is 23.9. The maximum atomic E-state index is 14.1. The molecule has 0 heterocycles. The van der Waals surface area contributed by atoms with Crippen LogP contribution in [-0.2, 0) is 16.0 Å². The first-order valence-electron chi connectivity index (χ1n) is 17.0. The van der Waals surface area contributed by atoms with Gasteiger partial charge in [-0.2, -0.15) is 0 Å². The molecule has 50 heavy (non-hydrogen) atoms. The minimum atomic E-state index is -0.728. The number of hydrogen-bond acceptors (Lipinski definition) is 9. The van der Waals surface area contributed by atoms with Crippen LogP contribution in [0.25, 0.3) is 11.1 Å². The van der Waals surface area contributed by atoms with E-state index < -0.39 is 12.1 Å². The minimum absolute atomic E-state index is 0.0475. The predicted octanol–water partition coefficient (Wildman–Crippen LogP) is 6.22. The summed E-state index contributed by atoms with van der Waals surface area (Å²) >= 11 is 0. The summed E-state index contributed by atoms with van der Waals surface area (Å²) in [6.45, 7) is 9.52. The number of carbonyl (C=O) groups is 2. The van der Waals surface area contributed by atoms with E-state index in [1.165, 1.54) is 6.92 Å². The molecule has 0 radical (unpaired) electrons. The maximum absolute atomic E-state index is 14.1. The van der Waals surface area contributed by atoms with E-state index in [-0.39, 0.29) is 40.8 Å². The van der Waals surface area contributed by atoms with Crippen molar-refractivity contribution in [2.75, 3.05) is 40.9 Å². The number of fused-ring (bicyclic) bond motifs is 3. The van der Waals surface area contributed by atoms with Crippen LogP contribution in [0.5, 0.6) is 28.7 Å². The summed E-state index contributed by atoms with van der Waals surface area (Å²) in [5, 5.41) is 9.58. The molecule has 4 rings (SSSR count). The predicted molar refractivity (Wildman–Crippen MR) is 195 cm³/mol. The number of carbonyl (C=O) groups excluding carboxylic acids is 2. The van der Waals surface area contributed by atoms with Crippen LogP contribution in [0.1, 0.15) is 76.2 Å². The molecule has 270 valence electrons. The normalized spacial score (nSPS) is 15.3. The highest BCUT2D eigenvalue weighted by Gasteiger charge is 2.31. The van der Waals surface area contributed by atoms with E-state index in [1.807, 2.05) is 58.0 Å². The maximum Gasteiger partial charge on any atom is 0.243 e. The van der Waals surface area contributed by atoms with Crippen LogP contribution in [0.4, 0.5) is 5.69 Å². The third-order valence-corrected chi connectivity index (χ3v) is 9.45. The lowest BCUT2D eigenvalue weighted by Gasteiger charge is -2.29. The summed E-state index contributed by atoms with van der Waals surface area (Å²) in [4.78, 5) is 40.6. The van der Waals surface area contributed by atoms with Crippen LogP contribution in [0, 0.1) is 11.8 Å². The monoisotopic (exact) mass is 689 g/mol. The molecular formula is C39H51N3O8. The zero-order valence-corrected chi connectivity index (χ0v) is 30.8. The summed E-state index contributed by atoms with van der Waals surface area (Å²) in [6, 6.07) is 11.1. The molecule has 4 atom stereocenters. The van der Waals surface area contributed by atoms with Crippen molar-refractivity contribution < 1.29 is 33.3 Å². The van der Waals surface area contributed by atoms with Gasteiger partial charge in [0, 0.05) is 12.5 Å². The second-order valence-electron chi connectivity index (χ2n) is 12.9. The van der Waals surface area contributed by atoms with Gasteiger partial charge >= 0.3 is 0 Å². The topological polar surface area (TPSA) is 133 Å². The zero-order chi connectivity index (χ0) is 36.7. The minimum Gasteiger partial charge on any atom is -0.493 e. The van der Waals surface area contributed by atoms with Crippen LogP contribution in [-0.4, -0.2) is 53.4 Å². The smallest absolute Gasteiger partial charge is 0.243 e. The fourth-order valence-electron chi connectivity index (χ4n) is 6.62. The van der Waals surface area contributed by atoms with Gasteiger partial charge in [0.05, 0.1) is 53.3 Å². The highest BCUT2D eigenvalue weighted by atomic mass is 16.5. The Labute approximate surface area is 295 Å². The van der Waals surface area contributed by atoms with Gasteiger partial charge < -0.3 is 39.6 Å². The Morgan fingerprint density at radius 3 is 2.10 bits per heavy atom. The van der Waals surface area contributed by atoms with E-state index in [2.05, 4.69) is 16.0 Å². The van der Waals surface area contributed by atoms with Crippen molar-refractivity contribution in [3.8, 4) is 39.9 Å². The van der Waals surface area contributed by atoms with Crippen LogP contribution < -0.4 is 45.1 Å². The molecule has 0 aromatic heterocycles. The van der Waals surface area contributed by atoms with Crippen LogP contribution in [0.2, 0.25) is 0 Å². The van der Waals surface area contributed by atoms with Crippen molar-refractivity contribution in [1.82, 2.24) is 10.6 Å². The first kappa shape index (κ1) is 37.9. The molecule has 0 fully saturated rings. The molecule has 3 aromatic rings. The standard InChI is InChI=1S/C39H51N3O8/c1-11-22(4)36(39(45)42-35(21(2)3)25-13-17-31(46-6)32(19-25)47-7)41-29-16-14-26-27(20-30(29)44)28(40-23(5)43)15-12-24-18-33(48-8)37(49-9)38(50-10)34(24)26/h13-14,16-22,28,35-36H,11-12,15H2,1-10H3,(H,40,43)(H,41,44)(H,42,45). The van der Waals surface area contributed by atoms with Crippen molar-refractivity contribution in [2.45, 2.75) is 72.0 Å². The molecule has 1 aliphatic rings. The van der Waals surface area contributed by atoms with Gasteiger partial charge in [-0.15, -0.1) is 0 Å². The molecule has 4 unspecified atom stereocenters. The number of ether oxygens (including phenoxy) is 5. The number of aryl methyl sites for hydroxylation is 1. The number of nitrogens with one attached hydrogen (secondary N) is 3. The quantitative estimate of drug-likeness (QED) is 0.180. The lowest BCUT2D eigenvalue weighted by atomic mass is 9.93. The number of amides is 2. The number of methoxy groups -OCH3 is 5. The Hall–Kier alpha value is -4.93.